The van der Waals surface area contributed by atoms with Crippen molar-refractivity contribution in [3.05, 3.63) is 35.7 Å². The maximum absolute atomic E-state index is 12.5. The van der Waals surface area contributed by atoms with Crippen molar-refractivity contribution in [2.45, 2.75) is 59.3 Å². The van der Waals surface area contributed by atoms with E-state index in [1.165, 1.54) is 18.9 Å². The molecule has 2 aromatic heterocycles. The predicted octanol–water partition coefficient (Wildman–Crippen LogP) is 3.54. The molecule has 8 nitrogen and oxygen atoms in total. The number of carbonyl (C=O) groups is 2. The lowest BCUT2D eigenvalue weighted by Crippen LogP contribution is -2.40. The standard InChI is InChI=1S/C27H43N5O3/c1-6-7-8-9-10-23-26(28-15-13-25(35)29-19-27(2,3)20-31(4)5)32-16-14-21(17-24(32)30-23)11-12-22(34)18-33/h11-12,14,16-17,28,33H,6-10,13,15,18-20H2,1-5H3,(H,29,35)/b12-11+. The number of unbranched alkanes of at least 4 members (excludes halogenated alkanes) is 3. The number of aliphatic hydroxyl groups is 1. The molecule has 0 spiro atoms. The van der Waals surface area contributed by atoms with E-state index >= 15 is 0 Å². The molecule has 0 aliphatic rings. The van der Waals surface area contributed by atoms with Gasteiger partial charge >= 0.3 is 0 Å². The number of carbonyl (C=O) groups excluding carboxylic acids is 2. The van der Waals surface area contributed by atoms with Crippen molar-refractivity contribution in [2.24, 2.45) is 5.41 Å². The third-order valence-corrected chi connectivity index (χ3v) is 5.76. The van der Waals surface area contributed by atoms with Crippen molar-refractivity contribution >= 4 is 29.2 Å². The minimum Gasteiger partial charge on any atom is -0.388 e. The SMILES string of the molecule is CCCCCCc1nc2cc(/C=C/C(=O)CO)ccn2c1NCCC(=O)NCC(C)(C)CN(C)C. The van der Waals surface area contributed by atoms with E-state index < -0.39 is 6.61 Å². The van der Waals surface area contributed by atoms with Crippen LogP contribution in [0.25, 0.3) is 11.7 Å². The first kappa shape index (κ1) is 28.5. The Morgan fingerprint density at radius 3 is 2.69 bits per heavy atom. The lowest BCUT2D eigenvalue weighted by atomic mass is 9.93. The molecule has 0 unspecified atom stereocenters. The Labute approximate surface area is 209 Å². The van der Waals surface area contributed by atoms with Crippen LogP contribution in [0, 0.1) is 5.41 Å². The number of aromatic nitrogens is 2. The summed E-state index contributed by atoms with van der Waals surface area (Å²) in [6.45, 7) is 8.05. The highest BCUT2D eigenvalue weighted by Crippen LogP contribution is 2.22. The number of hydrogen-bond acceptors (Lipinski definition) is 6. The topological polar surface area (TPSA) is 99.0 Å². The van der Waals surface area contributed by atoms with Gasteiger partial charge in [-0.05, 0) is 56.1 Å². The van der Waals surface area contributed by atoms with Gasteiger partial charge in [-0.15, -0.1) is 0 Å². The smallest absolute Gasteiger partial charge is 0.221 e. The fourth-order valence-electron chi connectivity index (χ4n) is 4.17. The molecule has 0 bridgehead atoms. The number of aliphatic hydroxyl groups excluding tert-OH is 1. The zero-order chi connectivity index (χ0) is 25.8. The average Bonchev–Trinajstić information content (AvgIpc) is 3.14. The summed E-state index contributed by atoms with van der Waals surface area (Å²) in [6, 6.07) is 3.82. The molecule has 2 heterocycles. The maximum Gasteiger partial charge on any atom is 0.221 e. The van der Waals surface area contributed by atoms with Gasteiger partial charge in [0.05, 0.1) is 5.69 Å². The van der Waals surface area contributed by atoms with Gasteiger partial charge in [-0.1, -0.05) is 46.1 Å². The number of amides is 1. The highest BCUT2D eigenvalue weighted by molar-refractivity contribution is 5.94. The van der Waals surface area contributed by atoms with Gasteiger partial charge in [-0.25, -0.2) is 4.98 Å². The van der Waals surface area contributed by atoms with Gasteiger partial charge in [-0.3, -0.25) is 14.0 Å². The fourth-order valence-corrected chi connectivity index (χ4v) is 4.17. The lowest BCUT2D eigenvalue weighted by Gasteiger charge is -2.28. The zero-order valence-electron chi connectivity index (χ0n) is 22.1. The molecule has 3 N–H and O–H groups in total. The van der Waals surface area contributed by atoms with E-state index in [-0.39, 0.29) is 17.1 Å². The Morgan fingerprint density at radius 2 is 2.00 bits per heavy atom. The number of aryl methyl sites for hydroxylation is 1. The number of pyridine rings is 1. The normalized spacial score (nSPS) is 12.1. The van der Waals surface area contributed by atoms with Crippen LogP contribution in [0.2, 0.25) is 0 Å². The highest BCUT2D eigenvalue weighted by atomic mass is 16.3. The summed E-state index contributed by atoms with van der Waals surface area (Å²) in [5.74, 6) is 0.610. The monoisotopic (exact) mass is 485 g/mol. The van der Waals surface area contributed by atoms with Crippen LogP contribution in [-0.2, 0) is 16.0 Å². The largest absolute Gasteiger partial charge is 0.388 e. The molecule has 2 aromatic rings. The van der Waals surface area contributed by atoms with Crippen molar-refractivity contribution in [2.75, 3.05) is 45.7 Å². The molecule has 0 saturated carbocycles. The van der Waals surface area contributed by atoms with Crippen molar-refractivity contribution in [1.82, 2.24) is 19.6 Å². The van der Waals surface area contributed by atoms with E-state index in [9.17, 15) is 9.59 Å². The lowest BCUT2D eigenvalue weighted by molar-refractivity contribution is -0.121. The number of ketones is 1. The van der Waals surface area contributed by atoms with Crippen LogP contribution in [-0.4, -0.2) is 71.4 Å². The molecule has 8 heteroatoms. The number of hydrogen-bond donors (Lipinski definition) is 3. The van der Waals surface area contributed by atoms with Crippen LogP contribution in [0.3, 0.4) is 0 Å². The molecule has 35 heavy (non-hydrogen) atoms. The molecule has 0 aromatic carbocycles. The van der Waals surface area contributed by atoms with Crippen LogP contribution in [0.5, 0.6) is 0 Å². The summed E-state index contributed by atoms with van der Waals surface area (Å²) in [6.07, 6.45) is 10.8. The van der Waals surface area contributed by atoms with Crippen LogP contribution in [0.4, 0.5) is 5.82 Å². The maximum atomic E-state index is 12.5. The Kier molecular flexibility index (Phi) is 11.4. The van der Waals surface area contributed by atoms with Crippen LogP contribution >= 0.6 is 0 Å². The zero-order valence-corrected chi connectivity index (χ0v) is 22.1. The van der Waals surface area contributed by atoms with E-state index in [1.807, 2.05) is 36.8 Å². The molecule has 0 saturated heterocycles. The third-order valence-electron chi connectivity index (χ3n) is 5.76. The van der Waals surface area contributed by atoms with Crippen molar-refractivity contribution in [1.29, 1.82) is 0 Å². The summed E-state index contributed by atoms with van der Waals surface area (Å²) in [5.41, 5.74) is 2.62. The molecular weight excluding hydrogens is 442 g/mol. The average molecular weight is 486 g/mol. The van der Waals surface area contributed by atoms with Gasteiger partial charge in [0.1, 0.15) is 18.1 Å². The van der Waals surface area contributed by atoms with Gasteiger partial charge in [0.15, 0.2) is 5.78 Å². The fraction of sp³-hybridized carbons (Fsp3) is 0.593. The van der Waals surface area contributed by atoms with Gasteiger partial charge in [-0.2, -0.15) is 0 Å². The molecular formula is C27H43N5O3. The number of anilines is 1. The van der Waals surface area contributed by atoms with Gasteiger partial charge in [0.2, 0.25) is 5.91 Å². The minimum absolute atomic E-state index is 0.00778. The number of imidazole rings is 1. The summed E-state index contributed by atoms with van der Waals surface area (Å²) >= 11 is 0. The van der Waals surface area contributed by atoms with E-state index in [0.717, 1.165) is 48.5 Å². The Hall–Kier alpha value is -2.71. The number of nitrogens with zero attached hydrogens (tertiary/aromatic N) is 3. The second-order valence-corrected chi connectivity index (χ2v) is 10.2. The van der Waals surface area contributed by atoms with E-state index in [2.05, 4.69) is 36.3 Å². The first-order valence-corrected chi connectivity index (χ1v) is 12.6. The van der Waals surface area contributed by atoms with Gasteiger partial charge < -0.3 is 20.6 Å². The van der Waals surface area contributed by atoms with Gasteiger partial charge in [0.25, 0.3) is 0 Å². The first-order chi connectivity index (χ1) is 16.6. The molecule has 0 aliphatic heterocycles. The van der Waals surface area contributed by atoms with Crippen LogP contribution in [0.1, 0.15) is 64.1 Å². The molecule has 0 fully saturated rings. The number of fused-ring (bicyclic) bond motifs is 1. The summed E-state index contributed by atoms with van der Waals surface area (Å²) in [7, 11) is 4.08. The molecule has 0 aliphatic carbocycles. The summed E-state index contributed by atoms with van der Waals surface area (Å²) in [5, 5.41) is 15.4. The minimum atomic E-state index is -0.501. The van der Waals surface area contributed by atoms with Crippen molar-refractivity contribution in [3.63, 3.8) is 0 Å². The molecule has 194 valence electrons. The second kappa shape index (κ2) is 14.0. The predicted molar refractivity (Wildman–Crippen MR) is 143 cm³/mol. The van der Waals surface area contributed by atoms with E-state index in [1.54, 1.807) is 6.08 Å². The summed E-state index contributed by atoms with van der Waals surface area (Å²) < 4.78 is 2.00. The Morgan fingerprint density at radius 1 is 1.23 bits per heavy atom. The quantitative estimate of drug-likeness (QED) is 0.248. The second-order valence-electron chi connectivity index (χ2n) is 10.2. The Balaban J connectivity index is 2.07. The van der Waals surface area contributed by atoms with Crippen molar-refractivity contribution < 1.29 is 14.7 Å². The number of nitrogens with one attached hydrogen (secondary N) is 2. The number of rotatable bonds is 16. The van der Waals surface area contributed by atoms with Crippen molar-refractivity contribution in [3.8, 4) is 0 Å². The van der Waals surface area contributed by atoms with Crippen LogP contribution in [0.15, 0.2) is 24.4 Å². The molecule has 2 rings (SSSR count). The van der Waals surface area contributed by atoms with Gasteiger partial charge in [0, 0.05) is 32.3 Å². The summed E-state index contributed by atoms with van der Waals surface area (Å²) in [4.78, 5) is 30.8. The van der Waals surface area contributed by atoms with E-state index in [4.69, 9.17) is 10.1 Å². The highest BCUT2D eigenvalue weighted by Gasteiger charge is 2.20. The van der Waals surface area contributed by atoms with Crippen LogP contribution < -0.4 is 10.6 Å². The third kappa shape index (κ3) is 9.82. The Bertz CT molecular complexity index is 994. The molecule has 0 radical (unpaired) electrons. The molecule has 1 amide bonds. The molecule has 0 atom stereocenters. The first-order valence-electron chi connectivity index (χ1n) is 12.6. The van der Waals surface area contributed by atoms with E-state index in [0.29, 0.717) is 19.5 Å².